The summed E-state index contributed by atoms with van der Waals surface area (Å²) < 4.78 is 39.1. The van der Waals surface area contributed by atoms with Gasteiger partial charge in [0.15, 0.2) is 11.5 Å². The van der Waals surface area contributed by atoms with E-state index in [1.165, 1.54) is 11.8 Å². The molecule has 1 aliphatic heterocycles. The predicted molar refractivity (Wildman–Crippen MR) is 168 cm³/mol. The quantitative estimate of drug-likeness (QED) is 0.294. The number of rotatable bonds is 12. The molecule has 0 unspecified atom stereocenters. The van der Waals surface area contributed by atoms with Gasteiger partial charge in [-0.3, -0.25) is 13.9 Å². The smallest absolute Gasteiger partial charge is 0.244 e. The van der Waals surface area contributed by atoms with Gasteiger partial charge in [0.05, 0.1) is 21.5 Å². The molecule has 9 nitrogen and oxygen atoms in total. The van der Waals surface area contributed by atoms with Crippen molar-refractivity contribution in [3.8, 4) is 11.5 Å². The van der Waals surface area contributed by atoms with Gasteiger partial charge in [0, 0.05) is 25.1 Å². The first-order valence-corrected chi connectivity index (χ1v) is 16.3. The van der Waals surface area contributed by atoms with E-state index in [0.717, 1.165) is 9.87 Å². The van der Waals surface area contributed by atoms with Crippen molar-refractivity contribution in [3.05, 3.63) is 87.9 Å². The maximum Gasteiger partial charge on any atom is 0.244 e. The lowest BCUT2D eigenvalue weighted by Crippen LogP contribution is -2.54. The fraction of sp³-hybridized carbons (Fsp3) is 0.355. The van der Waals surface area contributed by atoms with E-state index in [0.29, 0.717) is 40.3 Å². The Kier molecular flexibility index (Phi) is 10.8. The fourth-order valence-electron chi connectivity index (χ4n) is 4.68. The molecule has 0 spiro atoms. The summed E-state index contributed by atoms with van der Waals surface area (Å²) in [6.07, 6.45) is 0.205. The summed E-state index contributed by atoms with van der Waals surface area (Å²) in [5, 5.41) is 3.57. The van der Waals surface area contributed by atoms with E-state index in [2.05, 4.69) is 5.32 Å². The van der Waals surface area contributed by atoms with Crippen molar-refractivity contribution >= 4 is 50.7 Å². The highest BCUT2D eigenvalue weighted by Crippen LogP contribution is 2.35. The molecule has 1 N–H and O–H groups in total. The van der Waals surface area contributed by atoms with Gasteiger partial charge in [0.2, 0.25) is 21.8 Å². The molecule has 12 heteroatoms. The van der Waals surface area contributed by atoms with E-state index in [-0.39, 0.29) is 36.4 Å². The molecule has 0 aromatic heterocycles. The minimum absolute atomic E-state index is 0.0140. The average Bonchev–Trinajstić information content (AvgIpc) is 2.99. The lowest BCUT2D eigenvalue weighted by molar-refractivity contribution is -0.140. The van der Waals surface area contributed by atoms with Gasteiger partial charge in [0.1, 0.15) is 25.8 Å². The lowest BCUT2D eigenvalue weighted by atomic mass is 10.0. The zero-order chi connectivity index (χ0) is 31.1. The van der Waals surface area contributed by atoms with Gasteiger partial charge in [-0.1, -0.05) is 59.6 Å². The van der Waals surface area contributed by atoms with Gasteiger partial charge in [0.25, 0.3) is 0 Å². The molecule has 0 saturated heterocycles. The number of hydrogen-bond acceptors (Lipinski definition) is 6. The van der Waals surface area contributed by atoms with E-state index in [1.807, 2.05) is 44.2 Å². The molecule has 0 saturated carbocycles. The van der Waals surface area contributed by atoms with Gasteiger partial charge in [-0.05, 0) is 56.2 Å². The molecule has 1 heterocycles. The topological polar surface area (TPSA) is 105 Å². The van der Waals surface area contributed by atoms with Crippen LogP contribution in [-0.2, 0) is 32.6 Å². The average molecular weight is 649 g/mol. The van der Waals surface area contributed by atoms with E-state index in [1.54, 1.807) is 36.4 Å². The Balaban J connectivity index is 1.76. The molecule has 0 radical (unpaired) electrons. The fourth-order valence-corrected chi connectivity index (χ4v) is 6.05. The minimum Gasteiger partial charge on any atom is -0.486 e. The predicted octanol–water partition coefficient (Wildman–Crippen LogP) is 5.09. The van der Waals surface area contributed by atoms with Gasteiger partial charge in [-0.15, -0.1) is 0 Å². The molecular formula is C31H35Cl2N3O6S. The lowest BCUT2D eigenvalue weighted by Gasteiger charge is -2.34. The summed E-state index contributed by atoms with van der Waals surface area (Å²) in [6, 6.07) is 17.9. The Morgan fingerprint density at radius 2 is 1.60 bits per heavy atom. The van der Waals surface area contributed by atoms with Crippen molar-refractivity contribution in [1.82, 2.24) is 10.2 Å². The number of nitrogens with one attached hydrogen (secondary N) is 1. The van der Waals surface area contributed by atoms with Crippen molar-refractivity contribution in [3.63, 3.8) is 0 Å². The largest absolute Gasteiger partial charge is 0.486 e. The molecule has 0 fully saturated rings. The van der Waals surface area contributed by atoms with Crippen molar-refractivity contribution < 1.29 is 27.5 Å². The highest BCUT2D eigenvalue weighted by atomic mass is 35.5. The van der Waals surface area contributed by atoms with Crippen LogP contribution in [-0.4, -0.2) is 62.7 Å². The number of nitrogens with zero attached hydrogens (tertiary/aromatic N) is 2. The van der Waals surface area contributed by atoms with E-state index < -0.39 is 28.5 Å². The standard InChI is InChI=1S/C31H35Cl2N3O6S/c1-4-43(39,40)36(24-11-13-28-29(18-24)42-15-14-41-28)20-30(37)35(19-23-10-12-25(32)26(33)16-23)27(31(38)34-21(2)3)17-22-8-6-5-7-9-22/h5-13,16,18,21,27H,4,14-15,17,19-20H2,1-3H3,(H,34,38)/t27-/m1/s1. The monoisotopic (exact) mass is 647 g/mol. The summed E-state index contributed by atoms with van der Waals surface area (Å²) in [5.74, 6) is -0.305. The third-order valence-corrected chi connectivity index (χ3v) is 9.31. The second-order valence-corrected chi connectivity index (χ2v) is 13.4. The van der Waals surface area contributed by atoms with Crippen LogP contribution in [0.25, 0.3) is 0 Å². The van der Waals surface area contributed by atoms with E-state index in [9.17, 15) is 18.0 Å². The van der Waals surface area contributed by atoms with Crippen LogP contribution in [0.2, 0.25) is 10.0 Å². The van der Waals surface area contributed by atoms with Gasteiger partial charge >= 0.3 is 0 Å². The van der Waals surface area contributed by atoms with Gasteiger partial charge < -0.3 is 19.7 Å². The number of anilines is 1. The first-order chi connectivity index (χ1) is 20.5. The third kappa shape index (κ3) is 8.34. The normalized spacial score (nSPS) is 13.3. The molecule has 1 atom stereocenters. The van der Waals surface area contributed by atoms with E-state index >= 15 is 0 Å². The number of sulfonamides is 1. The molecule has 4 rings (SSSR count). The van der Waals surface area contributed by atoms with E-state index in [4.69, 9.17) is 32.7 Å². The summed E-state index contributed by atoms with van der Waals surface area (Å²) in [7, 11) is -3.93. The van der Waals surface area contributed by atoms with Crippen LogP contribution >= 0.6 is 23.2 Å². The number of hydrogen-bond donors (Lipinski definition) is 1. The Bertz CT molecular complexity index is 1550. The van der Waals surface area contributed by atoms with Crippen LogP contribution in [0.3, 0.4) is 0 Å². The van der Waals surface area contributed by atoms with Gasteiger partial charge in [-0.2, -0.15) is 0 Å². The molecule has 0 bridgehead atoms. The second kappa shape index (κ2) is 14.3. The summed E-state index contributed by atoms with van der Waals surface area (Å²) in [4.78, 5) is 29.4. The zero-order valence-electron chi connectivity index (χ0n) is 24.3. The summed E-state index contributed by atoms with van der Waals surface area (Å²) in [5.41, 5.74) is 1.71. The van der Waals surface area contributed by atoms with Crippen LogP contribution in [0.5, 0.6) is 11.5 Å². The highest BCUT2D eigenvalue weighted by molar-refractivity contribution is 7.92. The number of fused-ring (bicyclic) bond motifs is 1. The van der Waals surface area contributed by atoms with Crippen molar-refractivity contribution in [2.24, 2.45) is 0 Å². The maximum absolute atomic E-state index is 14.3. The number of benzene rings is 3. The highest BCUT2D eigenvalue weighted by Gasteiger charge is 2.34. The molecule has 43 heavy (non-hydrogen) atoms. The first kappa shape index (κ1) is 32.4. The summed E-state index contributed by atoms with van der Waals surface area (Å²) in [6.45, 7) is 5.32. The van der Waals surface area contributed by atoms with Crippen LogP contribution in [0.4, 0.5) is 5.69 Å². The van der Waals surface area contributed by atoms with Crippen LogP contribution in [0, 0.1) is 0 Å². The number of carbonyl (C=O) groups excluding carboxylic acids is 2. The minimum atomic E-state index is -3.93. The molecule has 230 valence electrons. The van der Waals surface area contributed by atoms with Crippen LogP contribution in [0.15, 0.2) is 66.7 Å². The zero-order valence-corrected chi connectivity index (χ0v) is 26.6. The number of ether oxygens (including phenoxy) is 2. The Morgan fingerprint density at radius 3 is 2.26 bits per heavy atom. The van der Waals surface area contributed by atoms with Crippen LogP contribution in [0.1, 0.15) is 31.9 Å². The molecule has 2 amide bonds. The second-order valence-electron chi connectivity index (χ2n) is 10.4. The molecular weight excluding hydrogens is 613 g/mol. The number of carbonyl (C=O) groups is 2. The maximum atomic E-state index is 14.3. The first-order valence-electron chi connectivity index (χ1n) is 14.0. The number of halogens is 2. The van der Waals surface area contributed by atoms with Crippen molar-refractivity contribution in [1.29, 1.82) is 0 Å². The molecule has 3 aromatic carbocycles. The number of amides is 2. The molecule has 3 aromatic rings. The van der Waals surface area contributed by atoms with Crippen LogP contribution < -0.4 is 19.1 Å². The summed E-state index contributed by atoms with van der Waals surface area (Å²) >= 11 is 12.4. The van der Waals surface area contributed by atoms with Crippen molar-refractivity contribution in [2.75, 3.05) is 29.8 Å². The van der Waals surface area contributed by atoms with Crippen molar-refractivity contribution in [2.45, 2.75) is 45.8 Å². The molecule has 0 aliphatic carbocycles. The molecule has 1 aliphatic rings. The Morgan fingerprint density at radius 1 is 0.907 bits per heavy atom. The Hall–Kier alpha value is -3.47. The third-order valence-electron chi connectivity index (χ3n) is 6.83. The SMILES string of the molecule is CCS(=O)(=O)N(CC(=O)N(Cc1ccc(Cl)c(Cl)c1)[C@H](Cc1ccccc1)C(=O)NC(C)C)c1ccc2c(c1)OCCO2. The Labute approximate surface area is 262 Å². The van der Waals surface area contributed by atoms with Gasteiger partial charge in [-0.25, -0.2) is 8.42 Å².